The molecule has 0 amide bonds. The summed E-state index contributed by atoms with van der Waals surface area (Å²) in [6, 6.07) is 6.96. The fourth-order valence-electron chi connectivity index (χ4n) is 2.52. The van der Waals surface area contributed by atoms with Crippen LogP contribution in [0.3, 0.4) is 0 Å². The lowest BCUT2D eigenvalue weighted by Gasteiger charge is -2.35. The Bertz CT molecular complexity index is 464. The molecule has 1 heterocycles. The molecule has 0 saturated carbocycles. The Labute approximate surface area is 108 Å². The van der Waals surface area contributed by atoms with Gasteiger partial charge in [0.1, 0.15) is 11.9 Å². The molecule has 2 rings (SSSR count). The van der Waals surface area contributed by atoms with E-state index in [-0.39, 0.29) is 11.4 Å². The molecule has 0 aliphatic carbocycles. The van der Waals surface area contributed by atoms with Crippen LogP contribution in [-0.2, 0) is 6.54 Å². The number of likely N-dealkylation sites (tertiary alicyclic amines) is 1. The van der Waals surface area contributed by atoms with Crippen LogP contribution >= 0.6 is 0 Å². The Morgan fingerprint density at radius 1 is 1.39 bits per heavy atom. The molecule has 2 nitrogen and oxygen atoms in total. The molecule has 0 radical (unpaired) electrons. The summed E-state index contributed by atoms with van der Waals surface area (Å²) in [5.74, 6) is 1.05. The molecule has 18 heavy (non-hydrogen) atoms. The fourth-order valence-corrected chi connectivity index (χ4v) is 2.52. The molecule has 1 aliphatic heterocycles. The van der Waals surface area contributed by atoms with Crippen LogP contribution in [0.5, 0.6) is 0 Å². The van der Waals surface area contributed by atoms with E-state index in [0.29, 0.717) is 18.0 Å². The molecule has 1 aromatic rings. The van der Waals surface area contributed by atoms with E-state index < -0.39 is 0 Å². The van der Waals surface area contributed by atoms with Crippen LogP contribution in [0.25, 0.3) is 0 Å². The minimum Gasteiger partial charge on any atom is -0.299 e. The molecule has 0 spiro atoms. The number of benzene rings is 1. The SMILES string of the molecule is CC1CCN(Cc2cccc(C#N)c2F)CC1C. The third-order valence-corrected chi connectivity index (χ3v) is 4.01. The van der Waals surface area contributed by atoms with Gasteiger partial charge in [0.05, 0.1) is 5.56 Å². The van der Waals surface area contributed by atoms with Gasteiger partial charge in [-0.05, 0) is 30.9 Å². The number of rotatable bonds is 2. The Morgan fingerprint density at radius 2 is 2.17 bits per heavy atom. The quantitative estimate of drug-likeness (QED) is 0.801. The van der Waals surface area contributed by atoms with Crippen molar-refractivity contribution in [3.8, 4) is 6.07 Å². The average Bonchev–Trinajstić information content (AvgIpc) is 2.36. The molecular formula is C15H19FN2. The maximum Gasteiger partial charge on any atom is 0.145 e. The van der Waals surface area contributed by atoms with Crippen molar-refractivity contribution in [3.05, 3.63) is 35.1 Å². The molecule has 1 aliphatic rings. The molecule has 0 N–H and O–H groups in total. The lowest BCUT2D eigenvalue weighted by atomic mass is 9.88. The van der Waals surface area contributed by atoms with Gasteiger partial charge < -0.3 is 0 Å². The number of piperidine rings is 1. The Morgan fingerprint density at radius 3 is 2.83 bits per heavy atom. The standard InChI is InChI=1S/C15H19FN2/c1-11-6-7-18(9-12(11)2)10-14-5-3-4-13(8-17)15(14)16/h3-5,11-12H,6-7,9-10H2,1-2H3. The summed E-state index contributed by atoms with van der Waals surface area (Å²) in [6.07, 6.45) is 1.17. The molecule has 1 fully saturated rings. The topological polar surface area (TPSA) is 27.0 Å². The summed E-state index contributed by atoms with van der Waals surface area (Å²) in [7, 11) is 0. The molecule has 2 atom stereocenters. The minimum absolute atomic E-state index is 0.144. The van der Waals surface area contributed by atoms with Crippen LogP contribution < -0.4 is 0 Å². The zero-order valence-electron chi connectivity index (χ0n) is 11.0. The fraction of sp³-hybridized carbons (Fsp3) is 0.533. The van der Waals surface area contributed by atoms with Crippen molar-refractivity contribution in [1.82, 2.24) is 4.90 Å². The van der Waals surface area contributed by atoms with E-state index in [0.717, 1.165) is 19.0 Å². The van der Waals surface area contributed by atoms with Gasteiger partial charge in [0, 0.05) is 18.7 Å². The second kappa shape index (κ2) is 5.49. The highest BCUT2D eigenvalue weighted by atomic mass is 19.1. The maximum atomic E-state index is 14.0. The number of halogens is 1. The van der Waals surface area contributed by atoms with E-state index in [2.05, 4.69) is 18.7 Å². The predicted octanol–water partition coefficient (Wildman–Crippen LogP) is 3.18. The van der Waals surface area contributed by atoms with Crippen molar-refractivity contribution in [1.29, 1.82) is 5.26 Å². The van der Waals surface area contributed by atoms with Crippen LogP contribution in [0.4, 0.5) is 4.39 Å². The summed E-state index contributed by atoms with van der Waals surface area (Å²) in [5, 5.41) is 8.82. The normalized spacial score (nSPS) is 24.8. The third kappa shape index (κ3) is 2.70. The molecule has 0 aromatic heterocycles. The summed E-state index contributed by atoms with van der Waals surface area (Å²) in [5.41, 5.74) is 0.779. The zero-order valence-corrected chi connectivity index (χ0v) is 11.0. The Balaban J connectivity index is 2.09. The largest absolute Gasteiger partial charge is 0.299 e. The van der Waals surface area contributed by atoms with Crippen molar-refractivity contribution in [2.45, 2.75) is 26.8 Å². The summed E-state index contributed by atoms with van der Waals surface area (Å²) >= 11 is 0. The number of hydrogen-bond donors (Lipinski definition) is 0. The third-order valence-electron chi connectivity index (χ3n) is 4.01. The van der Waals surface area contributed by atoms with E-state index in [9.17, 15) is 4.39 Å². The van der Waals surface area contributed by atoms with Gasteiger partial charge in [-0.15, -0.1) is 0 Å². The number of nitriles is 1. The second-order valence-electron chi connectivity index (χ2n) is 5.37. The van der Waals surface area contributed by atoms with E-state index in [1.807, 2.05) is 6.07 Å². The number of nitrogens with zero attached hydrogens (tertiary/aromatic N) is 2. The van der Waals surface area contributed by atoms with Crippen molar-refractivity contribution >= 4 is 0 Å². The van der Waals surface area contributed by atoms with Crippen molar-refractivity contribution in [2.75, 3.05) is 13.1 Å². The zero-order chi connectivity index (χ0) is 13.1. The molecule has 1 aromatic carbocycles. The van der Waals surface area contributed by atoms with Crippen molar-refractivity contribution in [3.63, 3.8) is 0 Å². The van der Waals surface area contributed by atoms with Gasteiger partial charge in [0.2, 0.25) is 0 Å². The molecule has 3 heteroatoms. The molecule has 96 valence electrons. The van der Waals surface area contributed by atoms with Gasteiger partial charge in [-0.2, -0.15) is 5.26 Å². The smallest absolute Gasteiger partial charge is 0.145 e. The van der Waals surface area contributed by atoms with Gasteiger partial charge >= 0.3 is 0 Å². The van der Waals surface area contributed by atoms with Crippen LogP contribution in [0.1, 0.15) is 31.4 Å². The molecule has 0 bridgehead atoms. The lowest BCUT2D eigenvalue weighted by molar-refractivity contribution is 0.131. The Kier molecular flexibility index (Phi) is 3.98. The Hall–Kier alpha value is -1.40. The monoisotopic (exact) mass is 246 g/mol. The van der Waals surface area contributed by atoms with Crippen LogP contribution in [0, 0.1) is 29.0 Å². The van der Waals surface area contributed by atoms with Crippen LogP contribution in [-0.4, -0.2) is 18.0 Å². The summed E-state index contributed by atoms with van der Waals surface area (Å²) in [4.78, 5) is 2.28. The van der Waals surface area contributed by atoms with Crippen LogP contribution in [0.2, 0.25) is 0 Å². The average molecular weight is 246 g/mol. The first-order valence-corrected chi connectivity index (χ1v) is 6.51. The minimum atomic E-state index is -0.355. The van der Waals surface area contributed by atoms with Crippen molar-refractivity contribution in [2.24, 2.45) is 11.8 Å². The van der Waals surface area contributed by atoms with Crippen molar-refractivity contribution < 1.29 is 4.39 Å². The first kappa shape index (κ1) is 13.0. The van der Waals surface area contributed by atoms with Crippen LogP contribution in [0.15, 0.2) is 18.2 Å². The summed E-state index contributed by atoms with van der Waals surface area (Å²) < 4.78 is 14.0. The summed E-state index contributed by atoms with van der Waals surface area (Å²) in [6.45, 7) is 7.16. The molecular weight excluding hydrogens is 227 g/mol. The maximum absolute atomic E-state index is 14.0. The van der Waals surface area contributed by atoms with Gasteiger partial charge in [0.25, 0.3) is 0 Å². The van der Waals surface area contributed by atoms with E-state index in [1.54, 1.807) is 12.1 Å². The second-order valence-corrected chi connectivity index (χ2v) is 5.37. The molecule has 2 unspecified atom stereocenters. The van der Waals surface area contributed by atoms with Gasteiger partial charge in [-0.3, -0.25) is 4.90 Å². The highest BCUT2D eigenvalue weighted by Crippen LogP contribution is 2.24. The van der Waals surface area contributed by atoms with E-state index in [4.69, 9.17) is 5.26 Å². The number of hydrogen-bond acceptors (Lipinski definition) is 2. The highest BCUT2D eigenvalue weighted by molar-refractivity contribution is 5.34. The van der Waals surface area contributed by atoms with Gasteiger partial charge in [0.15, 0.2) is 0 Å². The van der Waals surface area contributed by atoms with E-state index in [1.165, 1.54) is 12.5 Å². The highest BCUT2D eigenvalue weighted by Gasteiger charge is 2.23. The van der Waals surface area contributed by atoms with Gasteiger partial charge in [-0.25, -0.2) is 4.39 Å². The molecule has 1 saturated heterocycles. The van der Waals surface area contributed by atoms with E-state index >= 15 is 0 Å². The first-order chi connectivity index (χ1) is 8.61. The first-order valence-electron chi connectivity index (χ1n) is 6.51. The van der Waals surface area contributed by atoms with Gasteiger partial charge in [-0.1, -0.05) is 26.0 Å². The lowest BCUT2D eigenvalue weighted by Crippen LogP contribution is -2.38. The predicted molar refractivity (Wildman–Crippen MR) is 69.3 cm³/mol.